The maximum absolute atomic E-state index is 11.7. The topological polar surface area (TPSA) is 20.3 Å². The first kappa shape index (κ1) is 11.9. The Labute approximate surface area is 80.9 Å². The normalized spacial score (nSPS) is 11.8. The summed E-state index contributed by atoms with van der Waals surface area (Å²) < 4.78 is 0. The molecule has 0 aromatic heterocycles. The van der Waals surface area contributed by atoms with E-state index in [0.29, 0.717) is 13.1 Å². The van der Waals surface area contributed by atoms with Gasteiger partial charge in [-0.3, -0.25) is 4.79 Å². The van der Waals surface area contributed by atoms with Crippen molar-refractivity contribution in [2.45, 2.75) is 20.3 Å². The van der Waals surface area contributed by atoms with Crippen molar-refractivity contribution in [3.8, 4) is 0 Å². The van der Waals surface area contributed by atoms with Crippen LogP contribution in [0.15, 0.2) is 25.3 Å². The van der Waals surface area contributed by atoms with Crippen LogP contribution in [0.4, 0.5) is 0 Å². The summed E-state index contributed by atoms with van der Waals surface area (Å²) in [4.78, 5) is 13.4. The maximum atomic E-state index is 11.7. The Hall–Kier alpha value is -1.05. The van der Waals surface area contributed by atoms with E-state index in [-0.39, 0.29) is 11.8 Å². The number of carbonyl (C=O) groups is 1. The van der Waals surface area contributed by atoms with Gasteiger partial charge in [0.2, 0.25) is 5.91 Å². The Balaban J connectivity index is 4.25. The molecule has 0 heterocycles. The molecule has 0 aliphatic rings. The predicted molar refractivity (Wildman–Crippen MR) is 56.4 cm³/mol. The number of carbonyl (C=O) groups excluding carboxylic acids is 1. The van der Waals surface area contributed by atoms with E-state index in [2.05, 4.69) is 13.2 Å². The first-order chi connectivity index (χ1) is 6.17. The predicted octanol–water partition coefficient (Wildman–Crippen LogP) is 2.23. The van der Waals surface area contributed by atoms with Crippen LogP contribution in [-0.2, 0) is 4.79 Å². The van der Waals surface area contributed by atoms with Crippen LogP contribution in [-0.4, -0.2) is 23.9 Å². The Morgan fingerprint density at radius 1 is 1.38 bits per heavy atom. The van der Waals surface area contributed by atoms with Crippen molar-refractivity contribution < 1.29 is 4.79 Å². The SMILES string of the molecule is C=CCN(CC=C)C(=O)C(C)CC. The summed E-state index contributed by atoms with van der Waals surface area (Å²) >= 11 is 0. The summed E-state index contributed by atoms with van der Waals surface area (Å²) in [6, 6.07) is 0. The van der Waals surface area contributed by atoms with E-state index in [9.17, 15) is 4.79 Å². The van der Waals surface area contributed by atoms with E-state index in [1.54, 1.807) is 17.1 Å². The highest BCUT2D eigenvalue weighted by Crippen LogP contribution is 2.06. The van der Waals surface area contributed by atoms with Gasteiger partial charge in [0.15, 0.2) is 0 Å². The lowest BCUT2D eigenvalue weighted by molar-refractivity contribution is -0.134. The van der Waals surface area contributed by atoms with Crippen LogP contribution in [0.25, 0.3) is 0 Å². The molecule has 0 aliphatic carbocycles. The van der Waals surface area contributed by atoms with Gasteiger partial charge in [-0.25, -0.2) is 0 Å². The van der Waals surface area contributed by atoms with E-state index in [0.717, 1.165) is 6.42 Å². The van der Waals surface area contributed by atoms with Crippen LogP contribution >= 0.6 is 0 Å². The standard InChI is InChI=1S/C11H19NO/c1-5-8-12(9-6-2)11(13)10(4)7-3/h5-6,10H,1-2,7-9H2,3-4H3. The van der Waals surface area contributed by atoms with Gasteiger partial charge in [0.05, 0.1) is 0 Å². The fourth-order valence-corrected chi connectivity index (χ4v) is 1.05. The number of nitrogens with zero attached hydrogens (tertiary/aromatic N) is 1. The van der Waals surface area contributed by atoms with Gasteiger partial charge in [-0.15, -0.1) is 13.2 Å². The Morgan fingerprint density at radius 3 is 2.15 bits per heavy atom. The van der Waals surface area contributed by atoms with Gasteiger partial charge in [-0.1, -0.05) is 26.0 Å². The summed E-state index contributed by atoms with van der Waals surface area (Å²) in [5.41, 5.74) is 0. The maximum Gasteiger partial charge on any atom is 0.225 e. The van der Waals surface area contributed by atoms with Crippen molar-refractivity contribution in [2.24, 2.45) is 5.92 Å². The molecule has 1 atom stereocenters. The minimum absolute atomic E-state index is 0.0971. The highest BCUT2D eigenvalue weighted by atomic mass is 16.2. The average Bonchev–Trinajstić information content (AvgIpc) is 2.15. The smallest absolute Gasteiger partial charge is 0.225 e. The first-order valence-corrected chi connectivity index (χ1v) is 4.67. The minimum Gasteiger partial charge on any atom is -0.335 e. The van der Waals surface area contributed by atoms with E-state index < -0.39 is 0 Å². The molecular formula is C11H19NO. The molecule has 0 radical (unpaired) electrons. The van der Waals surface area contributed by atoms with Crippen molar-refractivity contribution in [2.75, 3.05) is 13.1 Å². The van der Waals surface area contributed by atoms with Gasteiger partial charge < -0.3 is 4.90 Å². The Kier molecular flexibility index (Phi) is 5.94. The molecule has 1 amide bonds. The molecule has 0 saturated carbocycles. The molecule has 13 heavy (non-hydrogen) atoms. The van der Waals surface area contributed by atoms with Crippen LogP contribution in [0.2, 0.25) is 0 Å². The van der Waals surface area contributed by atoms with E-state index >= 15 is 0 Å². The van der Waals surface area contributed by atoms with Crippen molar-refractivity contribution in [3.05, 3.63) is 25.3 Å². The van der Waals surface area contributed by atoms with E-state index in [1.165, 1.54) is 0 Å². The van der Waals surface area contributed by atoms with Crippen molar-refractivity contribution in [3.63, 3.8) is 0 Å². The molecule has 74 valence electrons. The molecule has 1 unspecified atom stereocenters. The van der Waals surface area contributed by atoms with Crippen molar-refractivity contribution >= 4 is 5.91 Å². The summed E-state index contributed by atoms with van der Waals surface area (Å²) in [7, 11) is 0. The Morgan fingerprint density at radius 2 is 1.85 bits per heavy atom. The highest BCUT2D eigenvalue weighted by Gasteiger charge is 2.16. The molecule has 0 saturated heterocycles. The molecule has 2 heteroatoms. The van der Waals surface area contributed by atoms with Gasteiger partial charge >= 0.3 is 0 Å². The number of amides is 1. The largest absolute Gasteiger partial charge is 0.335 e. The minimum atomic E-state index is 0.0971. The third kappa shape index (κ3) is 3.92. The third-order valence-corrected chi connectivity index (χ3v) is 2.04. The second-order valence-electron chi connectivity index (χ2n) is 3.13. The Bertz CT molecular complexity index is 177. The highest BCUT2D eigenvalue weighted by molar-refractivity contribution is 5.78. The van der Waals surface area contributed by atoms with Gasteiger partial charge in [-0.05, 0) is 6.42 Å². The zero-order valence-corrected chi connectivity index (χ0v) is 8.62. The molecule has 2 nitrogen and oxygen atoms in total. The second kappa shape index (κ2) is 6.46. The third-order valence-electron chi connectivity index (χ3n) is 2.04. The molecular weight excluding hydrogens is 162 g/mol. The zero-order valence-electron chi connectivity index (χ0n) is 8.62. The number of rotatable bonds is 6. The van der Waals surface area contributed by atoms with Gasteiger partial charge in [-0.2, -0.15) is 0 Å². The molecule has 0 fully saturated rings. The van der Waals surface area contributed by atoms with Crippen LogP contribution < -0.4 is 0 Å². The van der Waals surface area contributed by atoms with Gasteiger partial charge in [0.1, 0.15) is 0 Å². The lowest BCUT2D eigenvalue weighted by Gasteiger charge is -2.22. The second-order valence-corrected chi connectivity index (χ2v) is 3.13. The summed E-state index contributed by atoms with van der Waals surface area (Å²) in [6.07, 6.45) is 4.36. The molecule has 0 aromatic rings. The van der Waals surface area contributed by atoms with Gasteiger partial charge in [0.25, 0.3) is 0 Å². The lowest BCUT2D eigenvalue weighted by Crippen LogP contribution is -2.35. The summed E-state index contributed by atoms with van der Waals surface area (Å²) in [5.74, 6) is 0.280. The van der Waals surface area contributed by atoms with Crippen LogP contribution in [0.1, 0.15) is 20.3 Å². The molecule has 0 aliphatic heterocycles. The average molecular weight is 181 g/mol. The van der Waals surface area contributed by atoms with Gasteiger partial charge in [0, 0.05) is 19.0 Å². The zero-order chi connectivity index (χ0) is 10.3. The summed E-state index contributed by atoms with van der Waals surface area (Å²) in [6.45, 7) is 12.4. The molecule has 0 spiro atoms. The number of hydrogen-bond donors (Lipinski definition) is 0. The molecule has 0 aromatic carbocycles. The molecule has 0 bridgehead atoms. The first-order valence-electron chi connectivity index (χ1n) is 4.67. The van der Waals surface area contributed by atoms with Crippen molar-refractivity contribution in [1.29, 1.82) is 0 Å². The van der Waals surface area contributed by atoms with Crippen LogP contribution in [0.5, 0.6) is 0 Å². The molecule has 0 N–H and O–H groups in total. The van der Waals surface area contributed by atoms with Crippen LogP contribution in [0, 0.1) is 5.92 Å². The number of hydrogen-bond acceptors (Lipinski definition) is 1. The molecule has 0 rings (SSSR count). The lowest BCUT2D eigenvalue weighted by atomic mass is 10.1. The summed E-state index contributed by atoms with van der Waals surface area (Å²) in [5, 5.41) is 0. The monoisotopic (exact) mass is 181 g/mol. The van der Waals surface area contributed by atoms with E-state index in [1.807, 2.05) is 13.8 Å². The fourth-order valence-electron chi connectivity index (χ4n) is 1.05. The fraction of sp³-hybridized carbons (Fsp3) is 0.545. The quantitative estimate of drug-likeness (QED) is 0.575. The van der Waals surface area contributed by atoms with E-state index in [4.69, 9.17) is 0 Å². The van der Waals surface area contributed by atoms with Crippen LogP contribution in [0.3, 0.4) is 0 Å². The van der Waals surface area contributed by atoms with Crippen molar-refractivity contribution in [1.82, 2.24) is 4.90 Å².